The number of benzene rings is 1. The van der Waals surface area contributed by atoms with E-state index in [1.165, 1.54) is 0 Å². The number of hydrogen-bond donors (Lipinski definition) is 4. The van der Waals surface area contributed by atoms with Gasteiger partial charge in [-0.05, 0) is 17.2 Å². The zero-order valence-corrected chi connectivity index (χ0v) is 9.59. The molecule has 0 aliphatic carbocycles. The van der Waals surface area contributed by atoms with Gasteiger partial charge in [0.2, 0.25) is 5.52 Å². The van der Waals surface area contributed by atoms with Gasteiger partial charge in [0.25, 0.3) is 12.3 Å². The van der Waals surface area contributed by atoms with Gasteiger partial charge in [0.1, 0.15) is 0 Å². The minimum atomic E-state index is -0.123. The first-order valence-corrected chi connectivity index (χ1v) is 4.58. The Bertz CT molecular complexity index is 567. The van der Waals surface area contributed by atoms with Crippen LogP contribution in [0.25, 0.3) is 11.0 Å². The van der Waals surface area contributed by atoms with E-state index in [9.17, 15) is 0 Å². The number of H-pyrrole nitrogens is 1. The van der Waals surface area contributed by atoms with Gasteiger partial charge in [-0.25, -0.2) is 4.98 Å². The third-order valence-electron chi connectivity index (χ3n) is 1.95. The Balaban J connectivity index is 0.00000144. The number of imidazole rings is 1. The van der Waals surface area contributed by atoms with Crippen molar-refractivity contribution < 1.29 is 17.1 Å². The molecule has 1 heterocycles. The number of rotatable bonds is 1. The van der Waals surface area contributed by atoms with E-state index in [-0.39, 0.29) is 24.3 Å². The zero-order valence-electron chi connectivity index (χ0n) is 8.84. The van der Waals surface area contributed by atoms with Gasteiger partial charge in [0.05, 0.1) is 0 Å². The number of halogens is 1. The van der Waals surface area contributed by atoms with E-state index in [0.717, 1.165) is 11.0 Å². The van der Waals surface area contributed by atoms with Gasteiger partial charge in [-0.1, -0.05) is 16.8 Å². The quantitative estimate of drug-likeness (QED) is 0.234. The van der Waals surface area contributed by atoms with Crippen molar-refractivity contribution in [2.45, 2.75) is 0 Å². The number of guanidine groups is 2. The lowest BCUT2D eigenvalue weighted by Gasteiger charge is -1.91. The van der Waals surface area contributed by atoms with Gasteiger partial charge in [0.15, 0.2) is 11.5 Å². The van der Waals surface area contributed by atoms with Crippen LogP contribution < -0.4 is 34.3 Å². The molecule has 7 N–H and O–H groups in total. The molecule has 1 aromatic carbocycles. The first-order chi connectivity index (χ1) is 7.66. The second kappa shape index (κ2) is 5.17. The standard InChI is InChI=1S/C9H11N7.ClH/c10-8(11)14-9(12)15-16-5-13-6-3-1-2-4-7(6)16;/h1-5H,(H6,10,11,12,14,15);1H. The Labute approximate surface area is 103 Å². The van der Waals surface area contributed by atoms with E-state index in [1.807, 2.05) is 24.3 Å². The molecule has 0 amide bonds. The normalized spacial score (nSPS) is 10.9. The largest absolute Gasteiger partial charge is 1.00 e. The fraction of sp³-hybridized carbons (Fsp3) is 0. The molecule has 2 rings (SSSR count). The van der Waals surface area contributed by atoms with Crippen LogP contribution in [0.2, 0.25) is 0 Å². The molecule has 0 unspecified atom stereocenters. The third-order valence-corrected chi connectivity index (χ3v) is 1.95. The number of nitrogens with two attached hydrogens (primary N) is 3. The van der Waals surface area contributed by atoms with Crippen molar-refractivity contribution in [1.29, 1.82) is 0 Å². The molecule has 90 valence electrons. The predicted molar refractivity (Wildman–Crippen MR) is 61.3 cm³/mol. The van der Waals surface area contributed by atoms with Crippen LogP contribution in [0.15, 0.2) is 40.7 Å². The number of aromatic nitrogens is 2. The van der Waals surface area contributed by atoms with Crippen molar-refractivity contribution in [3.05, 3.63) is 30.6 Å². The summed E-state index contributed by atoms with van der Waals surface area (Å²) in [5, 5.41) is 4.02. The lowest BCUT2D eigenvalue weighted by Crippen LogP contribution is -3.00. The minimum Gasteiger partial charge on any atom is -1.00 e. The second-order valence-corrected chi connectivity index (χ2v) is 3.13. The van der Waals surface area contributed by atoms with E-state index in [2.05, 4.69) is 15.1 Å². The molecule has 0 saturated carbocycles. The molecular weight excluding hydrogens is 242 g/mol. The van der Waals surface area contributed by atoms with Crippen LogP contribution in [0.5, 0.6) is 0 Å². The summed E-state index contributed by atoms with van der Waals surface area (Å²) in [7, 11) is 0. The molecule has 7 nitrogen and oxygen atoms in total. The molecule has 0 spiro atoms. The van der Waals surface area contributed by atoms with Gasteiger partial charge in [-0.2, -0.15) is 4.99 Å². The van der Waals surface area contributed by atoms with E-state index >= 15 is 0 Å². The monoisotopic (exact) mass is 253 g/mol. The van der Waals surface area contributed by atoms with E-state index in [1.54, 1.807) is 11.0 Å². The molecule has 2 aromatic rings. The predicted octanol–water partition coefficient (Wildman–Crippen LogP) is -4.19. The van der Waals surface area contributed by atoms with Gasteiger partial charge in [-0.15, -0.1) is 0 Å². The third kappa shape index (κ3) is 2.85. The summed E-state index contributed by atoms with van der Waals surface area (Å²) in [6.07, 6.45) is 1.67. The van der Waals surface area contributed by atoms with Gasteiger partial charge in [0, 0.05) is 0 Å². The maximum absolute atomic E-state index is 5.52. The number of aliphatic imine (C=N–C) groups is 1. The average molecular weight is 254 g/mol. The number of nitrogens with zero attached hydrogens (tertiary/aromatic N) is 3. The van der Waals surface area contributed by atoms with Crippen LogP contribution in [0.1, 0.15) is 0 Å². The summed E-state index contributed by atoms with van der Waals surface area (Å²) in [6, 6.07) is 7.65. The molecule has 1 aromatic heterocycles. The smallest absolute Gasteiger partial charge is 0.268 e. The molecule has 0 saturated heterocycles. The van der Waals surface area contributed by atoms with Crippen LogP contribution in [-0.4, -0.2) is 16.9 Å². The lowest BCUT2D eigenvalue weighted by atomic mass is 10.3. The van der Waals surface area contributed by atoms with E-state index in [0.29, 0.717) is 0 Å². The van der Waals surface area contributed by atoms with Gasteiger partial charge in [-0.3, -0.25) is 0 Å². The van der Waals surface area contributed by atoms with Crippen LogP contribution >= 0.6 is 0 Å². The fourth-order valence-electron chi connectivity index (χ4n) is 1.34. The van der Waals surface area contributed by atoms with Crippen LogP contribution in [0.3, 0.4) is 0 Å². The Kier molecular flexibility index (Phi) is 3.89. The summed E-state index contributed by atoms with van der Waals surface area (Å²) in [6.45, 7) is 0. The number of hydrogen-bond acceptors (Lipinski definition) is 1. The second-order valence-electron chi connectivity index (χ2n) is 3.13. The molecule has 8 heteroatoms. The Morgan fingerprint density at radius 3 is 2.59 bits per heavy atom. The van der Waals surface area contributed by atoms with Crippen molar-refractivity contribution in [2.24, 2.45) is 27.3 Å². The maximum Gasteiger partial charge on any atom is 0.268 e. The zero-order chi connectivity index (χ0) is 11.5. The van der Waals surface area contributed by atoms with Crippen molar-refractivity contribution in [1.82, 2.24) is 4.98 Å². The van der Waals surface area contributed by atoms with Crippen LogP contribution in [0.4, 0.5) is 0 Å². The molecule has 0 aliphatic rings. The van der Waals surface area contributed by atoms with Crippen LogP contribution in [-0.2, 0) is 0 Å². The number of aromatic amines is 1. The molecular formula is C9H12ClN7. The number of nitrogens with one attached hydrogen (secondary N) is 1. The number of fused-ring (bicyclic) bond motifs is 1. The molecule has 0 fully saturated rings. The molecule has 0 bridgehead atoms. The Hall–Kier alpha value is -2.28. The molecule has 0 aliphatic heterocycles. The SMILES string of the molecule is NC(N)=N/C(N)=N/[n+]1c[nH]c2ccccc21.[Cl-]. The molecule has 0 atom stereocenters. The molecule has 17 heavy (non-hydrogen) atoms. The first-order valence-electron chi connectivity index (χ1n) is 4.58. The highest BCUT2D eigenvalue weighted by molar-refractivity contribution is 5.92. The summed E-state index contributed by atoms with van der Waals surface area (Å²) >= 11 is 0. The van der Waals surface area contributed by atoms with E-state index in [4.69, 9.17) is 17.2 Å². The highest BCUT2D eigenvalue weighted by Gasteiger charge is 2.07. The summed E-state index contributed by atoms with van der Waals surface area (Å²) < 4.78 is 1.57. The van der Waals surface area contributed by atoms with Crippen molar-refractivity contribution in [3.8, 4) is 0 Å². The lowest BCUT2D eigenvalue weighted by molar-refractivity contribution is -0.652. The number of para-hydroxylation sites is 2. The van der Waals surface area contributed by atoms with Crippen LogP contribution in [0, 0.1) is 0 Å². The Morgan fingerprint density at radius 2 is 1.88 bits per heavy atom. The van der Waals surface area contributed by atoms with Gasteiger partial charge >= 0.3 is 0 Å². The average Bonchev–Trinajstić information content (AvgIpc) is 2.61. The summed E-state index contributed by atoms with van der Waals surface area (Å²) in [5.41, 5.74) is 17.7. The highest BCUT2D eigenvalue weighted by atomic mass is 35.5. The minimum absolute atomic E-state index is 0. The topological polar surface area (TPSA) is 122 Å². The van der Waals surface area contributed by atoms with Gasteiger partial charge < -0.3 is 29.6 Å². The summed E-state index contributed by atoms with van der Waals surface area (Å²) in [5.74, 6) is -0.128. The molecule has 0 radical (unpaired) electrons. The Morgan fingerprint density at radius 1 is 1.18 bits per heavy atom. The summed E-state index contributed by atoms with van der Waals surface area (Å²) in [4.78, 5) is 6.66. The van der Waals surface area contributed by atoms with Crippen molar-refractivity contribution in [3.63, 3.8) is 0 Å². The highest BCUT2D eigenvalue weighted by Crippen LogP contribution is 2.04. The van der Waals surface area contributed by atoms with E-state index < -0.39 is 0 Å². The maximum atomic E-state index is 5.52. The van der Waals surface area contributed by atoms with Crippen molar-refractivity contribution >= 4 is 23.0 Å². The fourth-order valence-corrected chi connectivity index (χ4v) is 1.34. The van der Waals surface area contributed by atoms with Crippen molar-refractivity contribution in [2.75, 3.05) is 0 Å². The first kappa shape index (κ1) is 12.8.